The summed E-state index contributed by atoms with van der Waals surface area (Å²) >= 11 is 0. The van der Waals surface area contributed by atoms with E-state index in [0.29, 0.717) is 6.04 Å². The number of fused-ring (bicyclic) bond motifs is 1. The molecule has 0 aromatic carbocycles. The molecule has 0 radical (unpaired) electrons. The van der Waals surface area contributed by atoms with Crippen molar-refractivity contribution in [3.8, 4) is 0 Å². The number of nitrogens with zero attached hydrogens (tertiary/aromatic N) is 6. The summed E-state index contributed by atoms with van der Waals surface area (Å²) in [6, 6.07) is 4.80. The number of aromatic nitrogens is 1. The molecular weight excluding hydrogens is 424 g/mol. The van der Waals surface area contributed by atoms with Crippen LogP contribution in [0.3, 0.4) is 0 Å². The van der Waals surface area contributed by atoms with Crippen molar-refractivity contribution in [2.24, 2.45) is 4.99 Å². The predicted molar refractivity (Wildman–Crippen MR) is 137 cm³/mol. The van der Waals surface area contributed by atoms with E-state index in [9.17, 15) is 5.11 Å². The molecule has 1 N–H and O–H groups in total. The van der Waals surface area contributed by atoms with Gasteiger partial charge in [0.1, 0.15) is 11.7 Å². The average molecular weight is 465 g/mol. The first-order chi connectivity index (χ1) is 16.5. The molecule has 5 rings (SSSR count). The number of piperidine rings is 1. The minimum atomic E-state index is -0.202. The van der Waals surface area contributed by atoms with Crippen LogP contribution in [0.25, 0.3) is 0 Å². The van der Waals surface area contributed by atoms with E-state index < -0.39 is 0 Å². The number of aliphatic hydroxyl groups excluding tert-OH is 1. The van der Waals surface area contributed by atoms with Gasteiger partial charge in [0, 0.05) is 51.6 Å². The van der Waals surface area contributed by atoms with Gasteiger partial charge < -0.3 is 19.8 Å². The second-order valence-electron chi connectivity index (χ2n) is 10.6. The molecule has 2 saturated heterocycles. The van der Waals surface area contributed by atoms with Crippen molar-refractivity contribution < 1.29 is 5.11 Å². The van der Waals surface area contributed by atoms with Gasteiger partial charge in [-0.25, -0.2) is 0 Å². The van der Waals surface area contributed by atoms with Crippen LogP contribution in [0.4, 0.5) is 0 Å². The van der Waals surface area contributed by atoms with Crippen molar-refractivity contribution in [3.05, 3.63) is 53.6 Å². The van der Waals surface area contributed by atoms with Gasteiger partial charge in [0.2, 0.25) is 0 Å². The van der Waals surface area contributed by atoms with Gasteiger partial charge in [0.25, 0.3) is 0 Å². The lowest BCUT2D eigenvalue weighted by Gasteiger charge is -2.48. The number of aliphatic hydroxyl groups is 1. The Bertz CT molecular complexity index is 966. The molecule has 2 fully saturated rings. The topological polar surface area (TPSA) is 58.4 Å². The fourth-order valence-electron chi connectivity index (χ4n) is 6.31. The first-order valence-electron chi connectivity index (χ1n) is 13.0. The Morgan fingerprint density at radius 3 is 2.76 bits per heavy atom. The highest BCUT2D eigenvalue weighted by Gasteiger charge is 2.48. The number of hydrogen-bond acceptors (Lipinski definition) is 7. The van der Waals surface area contributed by atoms with Gasteiger partial charge in [0.05, 0.1) is 23.8 Å². The Morgan fingerprint density at radius 1 is 1.18 bits per heavy atom. The molecule has 0 aliphatic carbocycles. The van der Waals surface area contributed by atoms with Gasteiger partial charge in [-0.15, -0.1) is 0 Å². The Labute approximate surface area is 204 Å². The first kappa shape index (κ1) is 23.5. The molecule has 7 heteroatoms. The van der Waals surface area contributed by atoms with Crippen molar-refractivity contribution in [1.29, 1.82) is 0 Å². The number of likely N-dealkylation sites (N-methyl/N-ethyl adjacent to an activating group) is 1. The summed E-state index contributed by atoms with van der Waals surface area (Å²) in [5, 5.41) is 9.69. The van der Waals surface area contributed by atoms with Crippen LogP contribution in [-0.2, 0) is 0 Å². The number of aliphatic imine (C=N–C) groups is 1. The van der Waals surface area contributed by atoms with Crippen LogP contribution < -0.4 is 0 Å². The maximum absolute atomic E-state index is 9.69. The Kier molecular flexibility index (Phi) is 6.78. The molecule has 0 spiro atoms. The Balaban J connectivity index is 1.42. The normalized spacial score (nSPS) is 30.4. The van der Waals surface area contributed by atoms with Crippen LogP contribution in [0, 0.1) is 6.92 Å². The molecule has 3 atom stereocenters. The number of pyridine rings is 1. The third-order valence-electron chi connectivity index (χ3n) is 8.13. The van der Waals surface area contributed by atoms with Crippen molar-refractivity contribution in [1.82, 2.24) is 24.6 Å². The van der Waals surface area contributed by atoms with Gasteiger partial charge >= 0.3 is 0 Å². The lowest BCUT2D eigenvalue weighted by Crippen LogP contribution is -2.56. The van der Waals surface area contributed by atoms with Gasteiger partial charge in [-0.2, -0.15) is 0 Å². The molecule has 1 unspecified atom stereocenters. The molecule has 4 aliphatic heterocycles. The fraction of sp³-hybridized carbons (Fsp3) is 0.630. The monoisotopic (exact) mass is 464 g/mol. The molecule has 5 heterocycles. The standard InChI is InChI=1S/C27H40N6O/c1-21-8-6-13-28-26(21)22-9-4-10-23(32(22)14-7-19-34)27(2)20-33-24(29-27)11-5-12-25(33)31-17-15-30(3)16-18-31/h5-6,8,11-13,22-23,34H,4,7,9-10,14-20H2,1-3H3/t22-,23+,27?/m0/s1. The average Bonchev–Trinajstić information content (AvgIpc) is 3.21. The molecule has 7 nitrogen and oxygen atoms in total. The zero-order valence-corrected chi connectivity index (χ0v) is 21.0. The zero-order chi connectivity index (χ0) is 23.7. The number of aryl methyl sites for hydroxylation is 1. The smallest absolute Gasteiger partial charge is 0.129 e. The predicted octanol–water partition coefficient (Wildman–Crippen LogP) is 2.80. The van der Waals surface area contributed by atoms with Crippen LogP contribution in [0.15, 0.2) is 47.4 Å². The van der Waals surface area contributed by atoms with Gasteiger partial charge in [-0.1, -0.05) is 12.1 Å². The molecule has 4 aliphatic rings. The first-order valence-corrected chi connectivity index (χ1v) is 13.0. The van der Waals surface area contributed by atoms with Crippen molar-refractivity contribution in [3.63, 3.8) is 0 Å². The summed E-state index contributed by atoms with van der Waals surface area (Å²) < 4.78 is 0. The second kappa shape index (κ2) is 9.80. The summed E-state index contributed by atoms with van der Waals surface area (Å²) in [6.45, 7) is 10.8. The molecular formula is C27H40N6O. The van der Waals surface area contributed by atoms with Crippen molar-refractivity contribution in [2.45, 2.75) is 57.2 Å². The lowest BCUT2D eigenvalue weighted by molar-refractivity contribution is 0.0300. The van der Waals surface area contributed by atoms with Crippen molar-refractivity contribution >= 4 is 5.84 Å². The molecule has 1 aromatic heterocycles. The van der Waals surface area contributed by atoms with E-state index in [4.69, 9.17) is 9.98 Å². The summed E-state index contributed by atoms with van der Waals surface area (Å²) in [4.78, 5) is 20.2. The van der Waals surface area contributed by atoms with E-state index in [-0.39, 0.29) is 18.2 Å². The zero-order valence-electron chi connectivity index (χ0n) is 21.0. The van der Waals surface area contributed by atoms with E-state index in [0.717, 1.165) is 64.4 Å². The summed E-state index contributed by atoms with van der Waals surface area (Å²) in [5.41, 5.74) is 2.24. The number of piperazine rings is 1. The van der Waals surface area contributed by atoms with Crippen LogP contribution in [0.2, 0.25) is 0 Å². The minimum absolute atomic E-state index is 0.202. The lowest BCUT2D eigenvalue weighted by atomic mass is 9.81. The highest BCUT2D eigenvalue weighted by Crippen LogP contribution is 2.42. The molecule has 0 bridgehead atoms. The van der Waals surface area contributed by atoms with Gasteiger partial charge in [-0.3, -0.25) is 14.9 Å². The maximum atomic E-state index is 9.69. The summed E-state index contributed by atoms with van der Waals surface area (Å²) in [7, 11) is 2.20. The summed E-state index contributed by atoms with van der Waals surface area (Å²) in [5.74, 6) is 2.39. The second-order valence-corrected chi connectivity index (χ2v) is 10.6. The number of rotatable bonds is 6. The number of allylic oxidation sites excluding steroid dienone is 2. The minimum Gasteiger partial charge on any atom is -0.396 e. The van der Waals surface area contributed by atoms with Gasteiger partial charge in [0.15, 0.2) is 0 Å². The Morgan fingerprint density at radius 2 is 2.00 bits per heavy atom. The summed E-state index contributed by atoms with van der Waals surface area (Å²) in [6.07, 6.45) is 12.7. The van der Waals surface area contributed by atoms with Crippen LogP contribution in [0.5, 0.6) is 0 Å². The maximum Gasteiger partial charge on any atom is 0.129 e. The number of likely N-dealkylation sites (tertiary alicyclic amines) is 1. The van der Waals surface area contributed by atoms with Crippen molar-refractivity contribution in [2.75, 3.05) is 52.9 Å². The highest BCUT2D eigenvalue weighted by atomic mass is 16.3. The molecule has 0 amide bonds. The molecule has 184 valence electrons. The van der Waals surface area contributed by atoms with Crippen LogP contribution in [0.1, 0.15) is 49.9 Å². The van der Waals surface area contributed by atoms with E-state index in [2.05, 4.69) is 64.8 Å². The Hall–Kier alpha value is -2.22. The van der Waals surface area contributed by atoms with E-state index >= 15 is 0 Å². The fourth-order valence-corrected chi connectivity index (χ4v) is 6.31. The van der Waals surface area contributed by atoms with E-state index in [1.807, 2.05) is 12.3 Å². The molecule has 34 heavy (non-hydrogen) atoms. The van der Waals surface area contributed by atoms with Crippen LogP contribution >= 0.6 is 0 Å². The highest BCUT2D eigenvalue weighted by molar-refractivity contribution is 5.97. The molecule has 1 aromatic rings. The quantitative estimate of drug-likeness (QED) is 0.699. The third-order valence-corrected chi connectivity index (χ3v) is 8.13. The largest absolute Gasteiger partial charge is 0.396 e. The van der Waals surface area contributed by atoms with Gasteiger partial charge in [-0.05, 0) is 70.4 Å². The van der Waals surface area contributed by atoms with E-state index in [1.165, 1.54) is 23.5 Å². The number of hydrogen-bond donors (Lipinski definition) is 1. The van der Waals surface area contributed by atoms with Crippen LogP contribution in [-0.4, -0.2) is 100 Å². The SMILES string of the molecule is Cc1cccnc1[C@@H]1CCC[C@H](C2(C)CN3C(N4CCN(C)CC4)=CC=CC3=N2)N1CCCO. The molecule has 0 saturated carbocycles. The number of amidine groups is 1. The van der Waals surface area contributed by atoms with E-state index in [1.54, 1.807) is 0 Å². The third kappa shape index (κ3) is 4.41.